The number of aryl methyl sites for hydroxylation is 1. The summed E-state index contributed by atoms with van der Waals surface area (Å²) in [5.74, 6) is 0.406. The van der Waals surface area contributed by atoms with Crippen LogP contribution in [0.2, 0.25) is 5.02 Å². The molecule has 210 valence electrons. The smallest absolute Gasteiger partial charge is 0.346 e. The summed E-state index contributed by atoms with van der Waals surface area (Å²) >= 11 is 6.56. The van der Waals surface area contributed by atoms with Gasteiger partial charge in [0.25, 0.3) is 5.91 Å². The molecule has 1 N–H and O–H groups in total. The number of carbonyl (C=O) groups excluding carboxylic acids is 2. The summed E-state index contributed by atoms with van der Waals surface area (Å²) in [5.41, 5.74) is 7.00. The van der Waals surface area contributed by atoms with E-state index in [9.17, 15) is 9.59 Å². The van der Waals surface area contributed by atoms with Crippen molar-refractivity contribution in [1.82, 2.24) is 9.88 Å². The lowest BCUT2D eigenvalue weighted by molar-refractivity contribution is -0.147. The van der Waals surface area contributed by atoms with Crippen LogP contribution in [0.15, 0.2) is 60.7 Å². The normalized spacial score (nSPS) is 12.8. The summed E-state index contributed by atoms with van der Waals surface area (Å²) in [4.78, 5) is 25.0. The number of esters is 1. The molecule has 0 unspecified atom stereocenters. The van der Waals surface area contributed by atoms with E-state index in [2.05, 4.69) is 55.8 Å². The summed E-state index contributed by atoms with van der Waals surface area (Å²) < 4.78 is 12.7. The van der Waals surface area contributed by atoms with E-state index < -0.39 is 12.1 Å². The van der Waals surface area contributed by atoms with Crippen LogP contribution in [0.4, 0.5) is 0 Å². The molecular formula is C33H37ClN2O4. The SMILES string of the molecule is COC(=O)[C@H](C)Oc1ccc(Cl)c(Cn2c(C)c(C)c3cc(C(=O)N[C@@H](C)c4cccc(C(C)C)c4)ccc32)c1. The quantitative estimate of drug-likeness (QED) is 0.215. The van der Waals surface area contributed by atoms with E-state index in [0.717, 1.165) is 33.3 Å². The first-order valence-corrected chi connectivity index (χ1v) is 13.9. The van der Waals surface area contributed by atoms with Gasteiger partial charge in [-0.15, -0.1) is 0 Å². The Kier molecular flexibility index (Phi) is 8.89. The van der Waals surface area contributed by atoms with Gasteiger partial charge in [0.2, 0.25) is 0 Å². The third-order valence-corrected chi connectivity index (χ3v) is 7.89. The molecule has 7 heteroatoms. The second-order valence-corrected chi connectivity index (χ2v) is 11.0. The van der Waals surface area contributed by atoms with Gasteiger partial charge in [-0.2, -0.15) is 0 Å². The number of carbonyl (C=O) groups is 2. The lowest BCUT2D eigenvalue weighted by Gasteiger charge is -2.17. The molecule has 0 aliphatic rings. The van der Waals surface area contributed by atoms with Crippen LogP contribution in [0.1, 0.15) is 78.0 Å². The van der Waals surface area contributed by atoms with Gasteiger partial charge in [-0.3, -0.25) is 4.79 Å². The predicted octanol–water partition coefficient (Wildman–Crippen LogP) is 7.51. The van der Waals surface area contributed by atoms with Gasteiger partial charge in [0.1, 0.15) is 5.75 Å². The highest BCUT2D eigenvalue weighted by atomic mass is 35.5. The number of hydrogen-bond acceptors (Lipinski definition) is 4. The molecule has 40 heavy (non-hydrogen) atoms. The summed E-state index contributed by atoms with van der Waals surface area (Å²) in [7, 11) is 1.33. The van der Waals surface area contributed by atoms with Crippen molar-refractivity contribution < 1.29 is 19.1 Å². The monoisotopic (exact) mass is 560 g/mol. The maximum Gasteiger partial charge on any atom is 0.346 e. The Morgan fingerprint density at radius 1 is 0.950 bits per heavy atom. The molecule has 0 aliphatic heterocycles. The number of amides is 1. The molecule has 4 aromatic rings. The zero-order valence-corrected chi connectivity index (χ0v) is 24.9. The number of halogens is 1. The Morgan fingerprint density at radius 2 is 1.68 bits per heavy atom. The number of aromatic nitrogens is 1. The Balaban J connectivity index is 1.58. The van der Waals surface area contributed by atoms with Crippen molar-refractivity contribution >= 4 is 34.4 Å². The first-order chi connectivity index (χ1) is 19.0. The summed E-state index contributed by atoms with van der Waals surface area (Å²) in [6.07, 6.45) is -0.734. The van der Waals surface area contributed by atoms with Gasteiger partial charge in [0.15, 0.2) is 6.10 Å². The van der Waals surface area contributed by atoms with Gasteiger partial charge in [0.05, 0.1) is 13.2 Å². The summed E-state index contributed by atoms with van der Waals surface area (Å²) in [6, 6.07) is 19.4. The number of rotatable bonds is 9. The van der Waals surface area contributed by atoms with Crippen LogP contribution in [0.25, 0.3) is 10.9 Å². The molecule has 0 aliphatic carbocycles. The van der Waals surface area contributed by atoms with Crippen molar-refractivity contribution in [3.63, 3.8) is 0 Å². The van der Waals surface area contributed by atoms with E-state index >= 15 is 0 Å². The van der Waals surface area contributed by atoms with Crippen LogP contribution >= 0.6 is 11.6 Å². The largest absolute Gasteiger partial charge is 0.479 e. The fraction of sp³-hybridized carbons (Fsp3) is 0.333. The van der Waals surface area contributed by atoms with Crippen LogP contribution < -0.4 is 10.1 Å². The van der Waals surface area contributed by atoms with Crippen LogP contribution in [-0.4, -0.2) is 29.7 Å². The number of methoxy groups -OCH3 is 1. The number of benzene rings is 3. The van der Waals surface area contributed by atoms with Crippen molar-refractivity contribution in [2.24, 2.45) is 0 Å². The van der Waals surface area contributed by atoms with E-state index in [1.807, 2.05) is 37.3 Å². The van der Waals surface area contributed by atoms with Crippen LogP contribution in [0.5, 0.6) is 5.75 Å². The third-order valence-electron chi connectivity index (χ3n) is 7.52. The van der Waals surface area contributed by atoms with Gasteiger partial charge < -0.3 is 19.4 Å². The minimum Gasteiger partial charge on any atom is -0.479 e. The second-order valence-electron chi connectivity index (χ2n) is 10.6. The number of ether oxygens (including phenoxy) is 2. The molecule has 3 aromatic carbocycles. The van der Waals surface area contributed by atoms with Crippen molar-refractivity contribution in [3.8, 4) is 5.75 Å². The van der Waals surface area contributed by atoms with Crippen molar-refractivity contribution in [1.29, 1.82) is 0 Å². The highest BCUT2D eigenvalue weighted by molar-refractivity contribution is 6.31. The average molecular weight is 561 g/mol. The Morgan fingerprint density at radius 3 is 2.38 bits per heavy atom. The van der Waals surface area contributed by atoms with Crippen LogP contribution in [0.3, 0.4) is 0 Å². The zero-order valence-electron chi connectivity index (χ0n) is 24.2. The zero-order chi connectivity index (χ0) is 29.1. The number of hydrogen-bond donors (Lipinski definition) is 1. The Bertz CT molecular complexity index is 1560. The molecule has 1 amide bonds. The topological polar surface area (TPSA) is 69.6 Å². The first kappa shape index (κ1) is 29.2. The molecule has 0 saturated heterocycles. The van der Waals surface area contributed by atoms with Gasteiger partial charge in [-0.25, -0.2) is 4.79 Å². The molecule has 0 fully saturated rings. The van der Waals surface area contributed by atoms with Gasteiger partial charge in [0, 0.05) is 33.7 Å². The van der Waals surface area contributed by atoms with Crippen molar-refractivity contribution in [2.45, 2.75) is 66.2 Å². The molecule has 4 rings (SSSR count). The highest BCUT2D eigenvalue weighted by Gasteiger charge is 2.19. The fourth-order valence-corrected chi connectivity index (χ4v) is 5.06. The minimum atomic E-state index is -0.734. The molecule has 6 nitrogen and oxygen atoms in total. The average Bonchev–Trinajstić information content (AvgIpc) is 3.18. The Labute approximate surface area is 241 Å². The number of nitrogens with zero attached hydrogens (tertiary/aromatic N) is 1. The minimum absolute atomic E-state index is 0.109. The number of fused-ring (bicyclic) bond motifs is 1. The van der Waals surface area contributed by atoms with Crippen LogP contribution in [0, 0.1) is 13.8 Å². The number of nitrogens with one attached hydrogen (secondary N) is 1. The Hall–Kier alpha value is -3.77. The molecule has 0 spiro atoms. The van der Waals surface area contributed by atoms with Gasteiger partial charge >= 0.3 is 5.97 Å². The van der Waals surface area contributed by atoms with E-state index in [0.29, 0.717) is 28.8 Å². The molecular weight excluding hydrogens is 524 g/mol. The standard InChI is InChI=1S/C33H37ClN2O4/c1-19(2)24-9-8-10-25(15-24)21(4)35-32(37)26-11-14-31-29(17-26)20(3)22(5)36(31)18-27-16-28(12-13-30(27)34)40-23(6)33(38)39-7/h8-17,19,21,23H,18H2,1-7H3,(H,35,37)/t21-,23-/m0/s1. The van der Waals surface area contributed by atoms with E-state index in [4.69, 9.17) is 21.1 Å². The third kappa shape index (κ3) is 6.18. The molecule has 1 heterocycles. The first-order valence-electron chi connectivity index (χ1n) is 13.5. The summed E-state index contributed by atoms with van der Waals surface area (Å²) in [5, 5.41) is 4.77. The van der Waals surface area contributed by atoms with Crippen molar-refractivity contribution in [3.05, 3.63) is 99.2 Å². The van der Waals surface area contributed by atoms with Gasteiger partial charge in [-0.1, -0.05) is 49.7 Å². The molecule has 1 aromatic heterocycles. The van der Waals surface area contributed by atoms with Crippen LogP contribution in [-0.2, 0) is 16.1 Å². The van der Waals surface area contributed by atoms with Crippen molar-refractivity contribution in [2.75, 3.05) is 7.11 Å². The van der Waals surface area contributed by atoms with Gasteiger partial charge in [-0.05, 0) is 92.3 Å². The second kappa shape index (κ2) is 12.2. The summed E-state index contributed by atoms with van der Waals surface area (Å²) in [6.45, 7) is 12.6. The molecule has 0 bridgehead atoms. The lowest BCUT2D eigenvalue weighted by Crippen LogP contribution is -2.26. The fourth-order valence-electron chi connectivity index (χ4n) is 4.88. The predicted molar refractivity (Wildman–Crippen MR) is 160 cm³/mol. The molecule has 0 saturated carbocycles. The maximum atomic E-state index is 13.2. The van der Waals surface area contributed by atoms with E-state index in [1.54, 1.807) is 19.1 Å². The van der Waals surface area contributed by atoms with E-state index in [-0.39, 0.29) is 11.9 Å². The highest BCUT2D eigenvalue weighted by Crippen LogP contribution is 2.30. The van der Waals surface area contributed by atoms with E-state index in [1.165, 1.54) is 12.7 Å². The maximum absolute atomic E-state index is 13.2. The molecule has 0 radical (unpaired) electrons. The molecule has 2 atom stereocenters. The lowest BCUT2D eigenvalue weighted by atomic mass is 9.98.